The quantitative estimate of drug-likeness (QED) is 0.133. The van der Waals surface area contributed by atoms with Gasteiger partial charge in [-0.25, -0.2) is 4.39 Å². The van der Waals surface area contributed by atoms with Crippen LogP contribution in [0.2, 0.25) is 0 Å². The summed E-state index contributed by atoms with van der Waals surface area (Å²) in [6.07, 6.45) is 1.93. The molecule has 4 nitrogen and oxygen atoms in total. The highest BCUT2D eigenvalue weighted by molar-refractivity contribution is 7.81. The van der Waals surface area contributed by atoms with Crippen molar-refractivity contribution >= 4 is 57.4 Å². The monoisotopic (exact) mass is 542 g/mol. The Hall–Kier alpha value is -4.94. The summed E-state index contributed by atoms with van der Waals surface area (Å²) in [5, 5.41) is 1.88. The van der Waals surface area contributed by atoms with Crippen molar-refractivity contribution in [2.24, 2.45) is 0 Å². The van der Waals surface area contributed by atoms with E-state index in [0.717, 1.165) is 16.3 Å². The van der Waals surface area contributed by atoms with Crippen molar-refractivity contribution in [3.63, 3.8) is 0 Å². The minimum atomic E-state index is -0.516. The third kappa shape index (κ3) is 4.59. The van der Waals surface area contributed by atoms with Gasteiger partial charge in [0, 0.05) is 6.42 Å². The summed E-state index contributed by atoms with van der Waals surface area (Å²) >= 11 is 5.73. The van der Waals surface area contributed by atoms with Crippen LogP contribution in [0, 0.1) is 5.82 Å². The van der Waals surface area contributed by atoms with Gasteiger partial charge in [0.05, 0.1) is 11.4 Å². The van der Waals surface area contributed by atoms with Crippen LogP contribution >= 0.6 is 12.2 Å². The first kappa shape index (κ1) is 25.3. The second-order valence-electron chi connectivity index (χ2n) is 9.42. The van der Waals surface area contributed by atoms with Crippen LogP contribution in [0.5, 0.6) is 0 Å². The lowest BCUT2D eigenvalue weighted by Crippen LogP contribution is -2.56. The summed E-state index contributed by atoms with van der Waals surface area (Å²) in [4.78, 5) is 30.9. The molecule has 0 atom stereocenters. The largest absolute Gasteiger partial charge is 0.270 e. The summed E-state index contributed by atoms with van der Waals surface area (Å²) in [5.74, 6) is -1.34. The van der Waals surface area contributed by atoms with E-state index in [0.29, 0.717) is 28.9 Å². The molecule has 0 aliphatic carbocycles. The van der Waals surface area contributed by atoms with Crippen molar-refractivity contribution in [2.45, 2.75) is 6.42 Å². The SMILES string of the molecule is O=C1C(=Cc2c(Cc3ccccc3F)ccc3ccccc23)C(=O)N(c2ccccc2)C(=S)N1c1ccccc1. The molecular formula is C34H23FN2O2S. The number of hydrogen-bond donors (Lipinski definition) is 0. The van der Waals surface area contributed by atoms with Gasteiger partial charge in [-0.2, -0.15) is 0 Å². The summed E-state index contributed by atoms with van der Waals surface area (Å²) < 4.78 is 14.7. The molecule has 1 fully saturated rings. The number of thiocarbonyl (C=S) groups is 1. The van der Waals surface area contributed by atoms with Crippen LogP contribution in [0.4, 0.5) is 15.8 Å². The first-order valence-electron chi connectivity index (χ1n) is 12.8. The zero-order chi connectivity index (χ0) is 27.6. The number of nitrogens with zero attached hydrogens (tertiary/aromatic N) is 2. The Morgan fingerprint density at radius 3 is 1.80 bits per heavy atom. The van der Waals surface area contributed by atoms with E-state index in [1.165, 1.54) is 15.9 Å². The van der Waals surface area contributed by atoms with E-state index in [4.69, 9.17) is 12.2 Å². The maximum atomic E-state index is 14.7. The van der Waals surface area contributed by atoms with Crippen molar-refractivity contribution in [2.75, 3.05) is 9.80 Å². The second kappa shape index (κ2) is 10.7. The lowest BCUT2D eigenvalue weighted by molar-refractivity contribution is -0.120. The Kier molecular flexibility index (Phi) is 6.76. The molecule has 194 valence electrons. The molecule has 0 saturated carbocycles. The number of para-hydroxylation sites is 2. The average Bonchev–Trinajstić information content (AvgIpc) is 2.98. The molecule has 1 aliphatic heterocycles. The molecule has 0 radical (unpaired) electrons. The van der Waals surface area contributed by atoms with E-state index in [9.17, 15) is 14.0 Å². The molecule has 40 heavy (non-hydrogen) atoms. The molecule has 0 bridgehead atoms. The molecule has 0 aromatic heterocycles. The summed E-state index contributed by atoms with van der Waals surface area (Å²) in [7, 11) is 0. The van der Waals surface area contributed by atoms with Crippen molar-refractivity contribution in [1.29, 1.82) is 0 Å². The van der Waals surface area contributed by atoms with Crippen LogP contribution in [0.1, 0.15) is 16.7 Å². The fourth-order valence-electron chi connectivity index (χ4n) is 5.00. The molecule has 6 heteroatoms. The topological polar surface area (TPSA) is 40.6 Å². The maximum Gasteiger partial charge on any atom is 0.270 e. The molecule has 0 N–H and O–H groups in total. The zero-order valence-corrected chi connectivity index (χ0v) is 22.1. The van der Waals surface area contributed by atoms with Gasteiger partial charge in [-0.15, -0.1) is 0 Å². The maximum absolute atomic E-state index is 14.7. The Morgan fingerprint density at radius 2 is 1.18 bits per heavy atom. The van der Waals surface area contributed by atoms with E-state index in [1.54, 1.807) is 48.5 Å². The molecule has 2 amide bonds. The smallest absolute Gasteiger partial charge is 0.268 e. The highest BCUT2D eigenvalue weighted by Gasteiger charge is 2.41. The van der Waals surface area contributed by atoms with Gasteiger partial charge in [-0.05, 0) is 76.1 Å². The summed E-state index contributed by atoms with van der Waals surface area (Å²) in [5.41, 5.74) is 3.08. The number of amides is 2. The first-order chi connectivity index (χ1) is 19.5. The minimum absolute atomic E-state index is 0.0348. The first-order valence-corrected chi connectivity index (χ1v) is 13.2. The molecule has 5 aromatic carbocycles. The number of halogens is 1. The van der Waals surface area contributed by atoms with E-state index < -0.39 is 11.8 Å². The Bertz CT molecular complexity index is 1740. The number of benzene rings is 5. The lowest BCUT2D eigenvalue weighted by Gasteiger charge is -2.36. The van der Waals surface area contributed by atoms with E-state index in [2.05, 4.69) is 0 Å². The predicted molar refractivity (Wildman–Crippen MR) is 162 cm³/mol. The molecular weight excluding hydrogens is 519 g/mol. The van der Waals surface area contributed by atoms with Crippen molar-refractivity contribution in [1.82, 2.24) is 0 Å². The van der Waals surface area contributed by atoms with Crippen LogP contribution in [-0.4, -0.2) is 16.9 Å². The summed E-state index contributed by atoms with van der Waals surface area (Å²) in [6, 6.07) is 36.3. The number of carbonyl (C=O) groups is 2. The van der Waals surface area contributed by atoms with Crippen LogP contribution in [0.3, 0.4) is 0 Å². The highest BCUT2D eigenvalue weighted by Crippen LogP contribution is 2.33. The Morgan fingerprint density at radius 1 is 0.625 bits per heavy atom. The van der Waals surface area contributed by atoms with Gasteiger partial charge in [0.15, 0.2) is 5.11 Å². The fourth-order valence-corrected chi connectivity index (χ4v) is 5.37. The van der Waals surface area contributed by atoms with Gasteiger partial charge in [0.2, 0.25) is 0 Å². The molecule has 6 rings (SSSR count). The number of hydrogen-bond acceptors (Lipinski definition) is 3. The second-order valence-corrected chi connectivity index (χ2v) is 9.79. The number of anilines is 2. The van der Waals surface area contributed by atoms with Crippen LogP contribution < -0.4 is 9.80 Å². The molecule has 1 saturated heterocycles. The van der Waals surface area contributed by atoms with Gasteiger partial charge in [0.25, 0.3) is 11.8 Å². The van der Waals surface area contributed by atoms with Crippen LogP contribution in [-0.2, 0) is 16.0 Å². The van der Waals surface area contributed by atoms with Gasteiger partial charge < -0.3 is 0 Å². The van der Waals surface area contributed by atoms with Crippen molar-refractivity contribution in [3.8, 4) is 0 Å². The molecule has 0 unspecified atom stereocenters. The third-order valence-corrected chi connectivity index (χ3v) is 7.33. The van der Waals surface area contributed by atoms with Gasteiger partial charge in [-0.1, -0.05) is 91.0 Å². The van der Waals surface area contributed by atoms with E-state index >= 15 is 0 Å². The minimum Gasteiger partial charge on any atom is -0.268 e. The molecule has 1 aliphatic rings. The highest BCUT2D eigenvalue weighted by atomic mass is 32.1. The van der Waals surface area contributed by atoms with Crippen molar-refractivity contribution in [3.05, 3.63) is 149 Å². The Labute approximate surface area is 236 Å². The van der Waals surface area contributed by atoms with Gasteiger partial charge in [-0.3, -0.25) is 19.4 Å². The third-order valence-electron chi connectivity index (χ3n) is 6.97. The number of fused-ring (bicyclic) bond motifs is 1. The normalized spacial score (nSPS) is 13.7. The van der Waals surface area contributed by atoms with Gasteiger partial charge in [0.1, 0.15) is 11.4 Å². The van der Waals surface area contributed by atoms with Crippen LogP contribution in [0.15, 0.2) is 127 Å². The fraction of sp³-hybridized carbons (Fsp3) is 0.0294. The van der Waals surface area contributed by atoms with Crippen molar-refractivity contribution < 1.29 is 14.0 Å². The summed E-state index contributed by atoms with van der Waals surface area (Å²) in [6.45, 7) is 0. The predicted octanol–water partition coefficient (Wildman–Crippen LogP) is 7.32. The standard InChI is InChI=1S/C34H23FN2O2S/c35-31-18-10-8-12-25(31)21-24-20-19-23-11-7-9-17-28(23)29(24)22-30-32(38)36(26-13-3-1-4-14-26)34(40)37(33(30)39)27-15-5-2-6-16-27/h1-20,22H,21H2. The number of rotatable bonds is 5. The Balaban J connectivity index is 1.56. The lowest BCUT2D eigenvalue weighted by atomic mass is 9.92. The average molecular weight is 543 g/mol. The van der Waals surface area contributed by atoms with E-state index in [-0.39, 0.29) is 16.5 Å². The number of carbonyl (C=O) groups excluding carboxylic acids is 2. The van der Waals surface area contributed by atoms with E-state index in [1.807, 2.05) is 72.8 Å². The molecule has 5 aromatic rings. The molecule has 0 spiro atoms. The molecule has 1 heterocycles. The van der Waals surface area contributed by atoms with Gasteiger partial charge >= 0.3 is 0 Å². The zero-order valence-electron chi connectivity index (χ0n) is 21.3. The van der Waals surface area contributed by atoms with Crippen LogP contribution in [0.25, 0.3) is 16.8 Å².